The lowest BCUT2D eigenvalue weighted by molar-refractivity contribution is 0.208. The van der Waals surface area contributed by atoms with Crippen LogP contribution < -0.4 is 10.2 Å². The number of benzene rings is 2. The van der Waals surface area contributed by atoms with Crippen LogP contribution in [0.4, 0.5) is 16.3 Å². The molecule has 1 aliphatic heterocycles. The highest BCUT2D eigenvalue weighted by Crippen LogP contribution is 2.24. The van der Waals surface area contributed by atoms with E-state index in [2.05, 4.69) is 52.2 Å². The number of anilines is 2. The summed E-state index contributed by atoms with van der Waals surface area (Å²) in [5, 5.41) is 3.06. The molecule has 1 fully saturated rings. The number of rotatable bonds is 3. The van der Waals surface area contributed by atoms with Gasteiger partial charge < -0.3 is 15.1 Å². The summed E-state index contributed by atoms with van der Waals surface area (Å²) in [7, 11) is 0. The fourth-order valence-corrected chi connectivity index (χ4v) is 3.75. The highest BCUT2D eigenvalue weighted by molar-refractivity contribution is 5.90. The first-order chi connectivity index (χ1) is 14.5. The van der Waals surface area contributed by atoms with Gasteiger partial charge in [0, 0.05) is 43.5 Å². The van der Waals surface area contributed by atoms with E-state index in [4.69, 9.17) is 0 Å². The maximum Gasteiger partial charge on any atom is 0.321 e. The Kier molecular flexibility index (Phi) is 5.65. The molecule has 4 rings (SSSR count). The second-order valence-corrected chi connectivity index (χ2v) is 7.73. The highest BCUT2D eigenvalue weighted by Gasteiger charge is 2.23. The lowest BCUT2D eigenvalue weighted by Gasteiger charge is -2.35. The largest absolute Gasteiger partial charge is 0.353 e. The van der Waals surface area contributed by atoms with E-state index in [1.165, 1.54) is 11.1 Å². The van der Waals surface area contributed by atoms with Crippen molar-refractivity contribution in [2.75, 3.05) is 36.4 Å². The van der Waals surface area contributed by atoms with Gasteiger partial charge in [0.15, 0.2) is 0 Å². The topological polar surface area (TPSA) is 61.4 Å². The number of amides is 2. The van der Waals surface area contributed by atoms with Gasteiger partial charge in [0.25, 0.3) is 0 Å². The number of nitrogens with zero attached hydrogens (tertiary/aromatic N) is 4. The van der Waals surface area contributed by atoms with Crippen molar-refractivity contribution in [2.24, 2.45) is 0 Å². The minimum atomic E-state index is -0.0494. The molecule has 2 heterocycles. The van der Waals surface area contributed by atoms with E-state index in [0.29, 0.717) is 13.1 Å². The standard InChI is InChI=1S/C24H27N5O/c1-17-8-6-10-21(19(17)3)27-24(30)29-13-11-28(12-14-29)23-15-22(25-16-26-23)20-9-5-4-7-18(20)2/h4-10,15-16H,11-14H2,1-3H3,(H,27,30). The van der Waals surface area contributed by atoms with Crippen molar-refractivity contribution in [1.29, 1.82) is 0 Å². The van der Waals surface area contributed by atoms with Crippen molar-refractivity contribution < 1.29 is 4.79 Å². The molecule has 30 heavy (non-hydrogen) atoms. The number of piperazine rings is 1. The molecule has 0 bridgehead atoms. The van der Waals surface area contributed by atoms with Crippen molar-refractivity contribution in [3.05, 3.63) is 71.5 Å². The van der Waals surface area contributed by atoms with E-state index in [9.17, 15) is 4.79 Å². The molecule has 1 aromatic heterocycles. The minimum absolute atomic E-state index is 0.0494. The van der Waals surface area contributed by atoms with Gasteiger partial charge in [0.05, 0.1) is 5.69 Å². The third-order valence-electron chi connectivity index (χ3n) is 5.81. The van der Waals surface area contributed by atoms with Gasteiger partial charge in [-0.15, -0.1) is 0 Å². The zero-order valence-electron chi connectivity index (χ0n) is 17.7. The molecule has 1 N–H and O–H groups in total. The van der Waals surface area contributed by atoms with Crippen LogP contribution in [0.15, 0.2) is 54.9 Å². The number of hydrogen-bond donors (Lipinski definition) is 1. The first-order valence-electron chi connectivity index (χ1n) is 10.3. The van der Waals surface area contributed by atoms with Crippen molar-refractivity contribution >= 4 is 17.5 Å². The summed E-state index contributed by atoms with van der Waals surface area (Å²) in [5.41, 5.74) is 6.39. The summed E-state index contributed by atoms with van der Waals surface area (Å²) in [6.07, 6.45) is 1.62. The lowest BCUT2D eigenvalue weighted by Crippen LogP contribution is -2.50. The number of nitrogens with one attached hydrogen (secondary N) is 1. The number of aromatic nitrogens is 2. The van der Waals surface area contributed by atoms with Crippen LogP contribution in [0.2, 0.25) is 0 Å². The van der Waals surface area contributed by atoms with E-state index < -0.39 is 0 Å². The number of aryl methyl sites for hydroxylation is 2. The van der Waals surface area contributed by atoms with Gasteiger partial charge in [0.1, 0.15) is 12.1 Å². The maximum atomic E-state index is 12.7. The van der Waals surface area contributed by atoms with Gasteiger partial charge in [-0.2, -0.15) is 0 Å². The second kappa shape index (κ2) is 8.53. The van der Waals surface area contributed by atoms with E-state index >= 15 is 0 Å². The summed E-state index contributed by atoms with van der Waals surface area (Å²) in [6.45, 7) is 8.96. The van der Waals surface area contributed by atoms with Gasteiger partial charge in [0.2, 0.25) is 0 Å². The Balaban J connectivity index is 1.41. The number of urea groups is 1. The molecule has 6 nitrogen and oxygen atoms in total. The molecular formula is C24H27N5O. The Hall–Kier alpha value is -3.41. The normalized spacial score (nSPS) is 14.0. The zero-order valence-corrected chi connectivity index (χ0v) is 17.7. The van der Waals surface area contributed by atoms with E-state index in [0.717, 1.165) is 41.4 Å². The minimum Gasteiger partial charge on any atom is -0.353 e. The van der Waals surface area contributed by atoms with Crippen LogP contribution in [-0.4, -0.2) is 47.1 Å². The monoisotopic (exact) mass is 401 g/mol. The Bertz CT molecular complexity index is 1060. The van der Waals surface area contributed by atoms with Crippen LogP contribution in [0, 0.1) is 20.8 Å². The van der Waals surface area contributed by atoms with Crippen LogP contribution in [0.1, 0.15) is 16.7 Å². The number of hydrogen-bond acceptors (Lipinski definition) is 4. The van der Waals surface area contributed by atoms with Gasteiger partial charge >= 0.3 is 6.03 Å². The van der Waals surface area contributed by atoms with Gasteiger partial charge in [-0.3, -0.25) is 0 Å². The molecule has 0 atom stereocenters. The van der Waals surface area contributed by atoms with Crippen molar-refractivity contribution in [3.8, 4) is 11.3 Å². The Morgan fingerprint density at radius 3 is 2.40 bits per heavy atom. The first kappa shape index (κ1) is 19.9. The average molecular weight is 402 g/mol. The smallest absolute Gasteiger partial charge is 0.321 e. The molecule has 3 aromatic rings. The molecular weight excluding hydrogens is 374 g/mol. The molecule has 0 radical (unpaired) electrons. The van der Waals surface area contributed by atoms with Crippen molar-refractivity contribution in [2.45, 2.75) is 20.8 Å². The molecule has 0 unspecified atom stereocenters. The molecule has 0 aliphatic carbocycles. The number of carbonyl (C=O) groups is 1. The molecule has 1 aliphatic rings. The quantitative estimate of drug-likeness (QED) is 0.706. The Morgan fingerprint density at radius 1 is 0.900 bits per heavy atom. The molecule has 2 amide bonds. The first-order valence-corrected chi connectivity index (χ1v) is 10.3. The van der Waals surface area contributed by atoms with Crippen molar-refractivity contribution in [1.82, 2.24) is 14.9 Å². The Labute approximate surface area is 177 Å². The predicted octanol–water partition coefficient (Wildman–Crippen LogP) is 4.42. The molecule has 154 valence electrons. The maximum absolute atomic E-state index is 12.7. The zero-order chi connectivity index (χ0) is 21.1. The fraction of sp³-hybridized carbons (Fsp3) is 0.292. The van der Waals surface area contributed by atoms with Crippen LogP contribution >= 0.6 is 0 Å². The third-order valence-corrected chi connectivity index (χ3v) is 5.81. The van der Waals surface area contributed by atoms with Crippen LogP contribution in [-0.2, 0) is 0 Å². The van der Waals surface area contributed by atoms with E-state index in [-0.39, 0.29) is 6.03 Å². The number of carbonyl (C=O) groups excluding carboxylic acids is 1. The molecule has 1 saturated heterocycles. The van der Waals surface area contributed by atoms with Crippen LogP contribution in [0.3, 0.4) is 0 Å². The molecule has 6 heteroatoms. The lowest BCUT2D eigenvalue weighted by atomic mass is 10.1. The molecule has 0 saturated carbocycles. The summed E-state index contributed by atoms with van der Waals surface area (Å²) in [5.74, 6) is 0.901. The van der Waals surface area contributed by atoms with Crippen molar-refractivity contribution in [3.63, 3.8) is 0 Å². The van der Waals surface area contributed by atoms with Gasteiger partial charge in [-0.1, -0.05) is 36.4 Å². The predicted molar refractivity (Wildman–Crippen MR) is 121 cm³/mol. The molecule has 2 aromatic carbocycles. The second-order valence-electron chi connectivity index (χ2n) is 7.73. The fourth-order valence-electron chi connectivity index (χ4n) is 3.75. The van der Waals surface area contributed by atoms with E-state index in [1.807, 2.05) is 42.2 Å². The summed E-state index contributed by atoms with van der Waals surface area (Å²) in [6, 6.07) is 16.2. The highest BCUT2D eigenvalue weighted by atomic mass is 16.2. The van der Waals surface area contributed by atoms with Crippen LogP contribution in [0.25, 0.3) is 11.3 Å². The van der Waals surface area contributed by atoms with Crippen LogP contribution in [0.5, 0.6) is 0 Å². The Morgan fingerprint density at radius 2 is 1.63 bits per heavy atom. The average Bonchev–Trinajstić information content (AvgIpc) is 2.77. The summed E-state index contributed by atoms with van der Waals surface area (Å²) < 4.78 is 0. The molecule has 0 spiro atoms. The van der Waals surface area contributed by atoms with E-state index in [1.54, 1.807) is 6.33 Å². The third kappa shape index (κ3) is 4.13. The summed E-state index contributed by atoms with van der Waals surface area (Å²) in [4.78, 5) is 25.7. The van der Waals surface area contributed by atoms with Gasteiger partial charge in [-0.25, -0.2) is 14.8 Å². The van der Waals surface area contributed by atoms with Gasteiger partial charge in [-0.05, 0) is 43.5 Å². The SMILES string of the molecule is Cc1ccccc1-c1cc(N2CCN(C(=O)Nc3cccc(C)c3C)CC2)ncn1. The summed E-state index contributed by atoms with van der Waals surface area (Å²) >= 11 is 0.